The highest BCUT2D eigenvalue weighted by Gasteiger charge is 2.54. The minimum atomic E-state index is -0.146. The van der Waals surface area contributed by atoms with Gasteiger partial charge in [0.15, 0.2) is 0 Å². The number of hydrogen-bond acceptors (Lipinski definition) is 4. The zero-order valence-corrected chi connectivity index (χ0v) is 18.1. The van der Waals surface area contributed by atoms with Crippen LogP contribution < -0.4 is 0 Å². The molecule has 29 heavy (non-hydrogen) atoms. The average molecular weight is 398 g/mol. The summed E-state index contributed by atoms with van der Waals surface area (Å²) in [6.45, 7) is 10.3. The highest BCUT2D eigenvalue weighted by atomic mass is 16.5. The van der Waals surface area contributed by atoms with E-state index in [1.165, 1.54) is 30.4 Å². The van der Waals surface area contributed by atoms with Crippen molar-refractivity contribution in [2.75, 3.05) is 32.8 Å². The molecule has 5 unspecified atom stereocenters. The molecule has 4 heteroatoms. The molecule has 2 bridgehead atoms. The molecule has 2 fully saturated rings. The predicted molar refractivity (Wildman–Crippen MR) is 114 cm³/mol. The quantitative estimate of drug-likeness (QED) is 0.537. The Morgan fingerprint density at radius 1 is 1.17 bits per heavy atom. The second kappa shape index (κ2) is 8.61. The summed E-state index contributed by atoms with van der Waals surface area (Å²) in [5.74, 6) is 0.953. The molecule has 5 atom stereocenters. The standard InChI is InChI=1S/C25H35NO3/c1-18-14-19(2)25(16-28-22(27)15-26-12-8-5-9-13-26)17-29-24(23(18)20(25)3)21-10-6-4-7-11-21/h4,6-7,10-11,14,19-20,23-24H,5,8-9,12-13,15-17H2,1-3H3. The van der Waals surface area contributed by atoms with E-state index in [9.17, 15) is 4.79 Å². The van der Waals surface area contributed by atoms with Gasteiger partial charge in [0.05, 0.1) is 25.9 Å². The largest absolute Gasteiger partial charge is 0.464 e. The molecule has 0 saturated carbocycles. The Morgan fingerprint density at radius 3 is 2.62 bits per heavy atom. The van der Waals surface area contributed by atoms with Crippen LogP contribution in [0.4, 0.5) is 0 Å². The van der Waals surface area contributed by atoms with Crippen molar-refractivity contribution >= 4 is 5.97 Å². The van der Waals surface area contributed by atoms with Crippen molar-refractivity contribution in [1.29, 1.82) is 0 Å². The van der Waals surface area contributed by atoms with Gasteiger partial charge in [-0.3, -0.25) is 9.69 Å². The molecule has 1 aliphatic carbocycles. The van der Waals surface area contributed by atoms with Crippen LogP contribution in [0.3, 0.4) is 0 Å². The van der Waals surface area contributed by atoms with Crippen LogP contribution in [0, 0.1) is 23.2 Å². The van der Waals surface area contributed by atoms with Crippen molar-refractivity contribution in [2.45, 2.75) is 46.1 Å². The Morgan fingerprint density at radius 2 is 1.90 bits per heavy atom. The van der Waals surface area contributed by atoms with Gasteiger partial charge in [0, 0.05) is 11.3 Å². The summed E-state index contributed by atoms with van der Waals surface area (Å²) in [6, 6.07) is 10.5. The van der Waals surface area contributed by atoms with E-state index in [2.05, 4.69) is 56.0 Å². The fourth-order valence-electron chi connectivity index (χ4n) is 5.76. The molecule has 3 aliphatic rings. The molecular weight excluding hydrogens is 362 g/mol. The van der Waals surface area contributed by atoms with E-state index in [4.69, 9.17) is 9.47 Å². The molecule has 2 aliphatic heterocycles. The highest BCUT2D eigenvalue weighted by Crippen LogP contribution is 2.56. The van der Waals surface area contributed by atoms with Crippen LogP contribution in [-0.4, -0.2) is 43.7 Å². The minimum Gasteiger partial charge on any atom is -0.464 e. The lowest BCUT2D eigenvalue weighted by Crippen LogP contribution is -2.54. The monoisotopic (exact) mass is 397 g/mol. The first-order chi connectivity index (χ1) is 14.0. The maximum absolute atomic E-state index is 12.6. The number of allylic oxidation sites excluding steroid dienone is 1. The third-order valence-electron chi connectivity index (χ3n) is 7.68. The van der Waals surface area contributed by atoms with Crippen LogP contribution in [0.1, 0.15) is 51.7 Å². The van der Waals surface area contributed by atoms with E-state index in [0.29, 0.717) is 37.5 Å². The van der Waals surface area contributed by atoms with Gasteiger partial charge in [-0.1, -0.05) is 62.2 Å². The van der Waals surface area contributed by atoms with E-state index in [1.807, 2.05) is 6.07 Å². The zero-order valence-electron chi connectivity index (χ0n) is 18.1. The van der Waals surface area contributed by atoms with Crippen molar-refractivity contribution in [3.8, 4) is 0 Å². The number of nitrogens with zero attached hydrogens (tertiary/aromatic N) is 1. The SMILES string of the molecule is CC1=CC(C)C2(COC(=O)CN3CCCCC3)COC(c3ccccc3)C1C2C. The Hall–Kier alpha value is -1.65. The van der Waals surface area contributed by atoms with Crippen LogP contribution in [0.15, 0.2) is 42.0 Å². The molecule has 2 saturated heterocycles. The van der Waals surface area contributed by atoms with Crippen LogP contribution in [-0.2, 0) is 14.3 Å². The lowest BCUT2D eigenvalue weighted by Gasteiger charge is -2.55. The topological polar surface area (TPSA) is 38.8 Å². The molecule has 0 radical (unpaired) electrons. The number of benzene rings is 1. The van der Waals surface area contributed by atoms with Gasteiger partial charge >= 0.3 is 5.97 Å². The molecule has 0 spiro atoms. The number of piperidine rings is 1. The molecule has 1 aromatic rings. The molecule has 158 valence electrons. The van der Waals surface area contributed by atoms with Gasteiger partial charge in [0.25, 0.3) is 0 Å². The first kappa shape index (κ1) is 20.6. The molecule has 2 heterocycles. The van der Waals surface area contributed by atoms with Crippen LogP contribution in [0.25, 0.3) is 0 Å². The average Bonchev–Trinajstić information content (AvgIpc) is 2.73. The summed E-state index contributed by atoms with van der Waals surface area (Å²) >= 11 is 0. The fourth-order valence-corrected chi connectivity index (χ4v) is 5.76. The van der Waals surface area contributed by atoms with Gasteiger partial charge in [-0.15, -0.1) is 0 Å². The van der Waals surface area contributed by atoms with E-state index in [-0.39, 0.29) is 17.5 Å². The van der Waals surface area contributed by atoms with Gasteiger partial charge in [0.2, 0.25) is 0 Å². The molecular formula is C25H35NO3. The Labute approximate surface area is 175 Å². The second-order valence-electron chi connectivity index (χ2n) is 9.39. The number of esters is 1. The molecule has 0 N–H and O–H groups in total. The zero-order chi connectivity index (χ0) is 20.4. The predicted octanol–water partition coefficient (Wildman–Crippen LogP) is 4.62. The lowest BCUT2D eigenvalue weighted by atomic mass is 9.56. The summed E-state index contributed by atoms with van der Waals surface area (Å²) in [5, 5.41) is 0. The Balaban J connectivity index is 1.47. The Kier molecular flexibility index (Phi) is 6.12. The molecule has 0 aromatic heterocycles. The third-order valence-corrected chi connectivity index (χ3v) is 7.68. The smallest absolute Gasteiger partial charge is 0.320 e. The van der Waals surface area contributed by atoms with Crippen LogP contribution >= 0.6 is 0 Å². The first-order valence-electron chi connectivity index (χ1n) is 11.2. The van der Waals surface area contributed by atoms with Crippen molar-refractivity contribution in [3.63, 3.8) is 0 Å². The van der Waals surface area contributed by atoms with Gasteiger partial charge in [-0.25, -0.2) is 0 Å². The minimum absolute atomic E-state index is 0.0760. The summed E-state index contributed by atoms with van der Waals surface area (Å²) in [6.07, 6.45) is 6.11. The summed E-state index contributed by atoms with van der Waals surface area (Å²) in [7, 11) is 0. The fraction of sp³-hybridized carbons (Fsp3) is 0.640. The van der Waals surface area contributed by atoms with Gasteiger partial charge in [-0.2, -0.15) is 0 Å². The van der Waals surface area contributed by atoms with Gasteiger partial charge in [-0.05, 0) is 50.3 Å². The number of likely N-dealkylation sites (tertiary alicyclic amines) is 1. The summed E-state index contributed by atoms with van der Waals surface area (Å²) in [4.78, 5) is 14.8. The molecule has 4 rings (SSSR count). The second-order valence-corrected chi connectivity index (χ2v) is 9.39. The van der Waals surface area contributed by atoms with Crippen molar-refractivity contribution in [3.05, 3.63) is 47.5 Å². The van der Waals surface area contributed by atoms with Crippen molar-refractivity contribution in [1.82, 2.24) is 4.90 Å². The number of carbonyl (C=O) groups excluding carboxylic acids is 1. The van der Waals surface area contributed by atoms with Crippen LogP contribution in [0.5, 0.6) is 0 Å². The molecule has 4 nitrogen and oxygen atoms in total. The maximum Gasteiger partial charge on any atom is 0.320 e. The number of rotatable bonds is 5. The first-order valence-corrected chi connectivity index (χ1v) is 11.2. The lowest BCUT2D eigenvalue weighted by molar-refractivity contribution is -0.182. The Bertz CT molecular complexity index is 740. The van der Waals surface area contributed by atoms with E-state index >= 15 is 0 Å². The highest BCUT2D eigenvalue weighted by molar-refractivity contribution is 5.71. The van der Waals surface area contributed by atoms with E-state index in [1.54, 1.807) is 0 Å². The number of carbonyl (C=O) groups is 1. The maximum atomic E-state index is 12.6. The van der Waals surface area contributed by atoms with E-state index < -0.39 is 0 Å². The normalized spacial score (nSPS) is 35.1. The van der Waals surface area contributed by atoms with Crippen molar-refractivity contribution < 1.29 is 14.3 Å². The summed E-state index contributed by atoms with van der Waals surface area (Å²) in [5.41, 5.74) is 2.49. The van der Waals surface area contributed by atoms with E-state index in [0.717, 1.165) is 13.1 Å². The van der Waals surface area contributed by atoms with Gasteiger partial charge in [0.1, 0.15) is 0 Å². The molecule has 1 aromatic carbocycles. The molecule has 0 amide bonds. The number of hydrogen-bond donors (Lipinski definition) is 0. The van der Waals surface area contributed by atoms with Crippen molar-refractivity contribution in [2.24, 2.45) is 23.2 Å². The third kappa shape index (κ3) is 4.02. The van der Waals surface area contributed by atoms with Crippen LogP contribution in [0.2, 0.25) is 0 Å². The number of fused-ring (bicyclic) bond motifs is 2. The van der Waals surface area contributed by atoms with Gasteiger partial charge < -0.3 is 9.47 Å². The summed E-state index contributed by atoms with van der Waals surface area (Å²) < 4.78 is 12.4. The number of ether oxygens (including phenoxy) is 2.